The zero-order chi connectivity index (χ0) is 14.0. The van der Waals surface area contributed by atoms with Crippen LogP contribution >= 0.6 is 0 Å². The molecule has 1 aromatic heterocycles. The smallest absolute Gasteiger partial charge is 0.262 e. The Balaban J connectivity index is 2.38. The Labute approximate surface area is 111 Å². The summed E-state index contributed by atoms with van der Waals surface area (Å²) in [7, 11) is -3.72. The van der Waals surface area contributed by atoms with Gasteiger partial charge in [0.2, 0.25) is 0 Å². The number of nitrogens with one attached hydrogen (secondary N) is 1. The first-order chi connectivity index (χ1) is 8.88. The summed E-state index contributed by atoms with van der Waals surface area (Å²) in [6.07, 6.45) is 1.52. The minimum atomic E-state index is -3.72. The molecule has 4 nitrogen and oxygen atoms in total. The Morgan fingerprint density at radius 2 is 1.89 bits per heavy atom. The van der Waals surface area contributed by atoms with Gasteiger partial charge < -0.3 is 0 Å². The highest BCUT2D eigenvalue weighted by Crippen LogP contribution is 2.20. The van der Waals surface area contributed by atoms with Crippen LogP contribution in [0.15, 0.2) is 41.4 Å². The number of aromatic nitrogens is 1. The molecule has 0 aliphatic carbocycles. The Hall–Kier alpha value is -1.95. The van der Waals surface area contributed by atoms with Gasteiger partial charge in [0.25, 0.3) is 10.0 Å². The maximum absolute atomic E-state index is 13.0. The minimum Gasteiger partial charge on any atom is -0.280 e. The summed E-state index contributed by atoms with van der Waals surface area (Å²) >= 11 is 0. The Morgan fingerprint density at radius 1 is 1.16 bits per heavy atom. The Kier molecular flexibility index (Phi) is 3.53. The lowest BCUT2D eigenvalue weighted by atomic mass is 10.2. The monoisotopic (exact) mass is 280 g/mol. The van der Waals surface area contributed by atoms with Crippen LogP contribution in [0, 0.1) is 19.7 Å². The molecule has 0 aliphatic rings. The second kappa shape index (κ2) is 4.97. The molecule has 1 heterocycles. The summed E-state index contributed by atoms with van der Waals surface area (Å²) in [5.41, 5.74) is 1.49. The minimum absolute atomic E-state index is 0.0587. The highest BCUT2D eigenvalue weighted by Gasteiger charge is 2.17. The van der Waals surface area contributed by atoms with E-state index in [1.54, 1.807) is 26.0 Å². The molecule has 19 heavy (non-hydrogen) atoms. The van der Waals surface area contributed by atoms with Gasteiger partial charge in [0.05, 0.1) is 10.6 Å². The molecule has 0 aliphatic heterocycles. The second-order valence-corrected chi connectivity index (χ2v) is 5.85. The molecule has 0 amide bonds. The highest BCUT2D eigenvalue weighted by molar-refractivity contribution is 7.92. The molecular formula is C13H13FN2O2S. The van der Waals surface area contributed by atoms with Gasteiger partial charge in [0.15, 0.2) is 0 Å². The number of benzene rings is 1. The lowest BCUT2D eigenvalue weighted by molar-refractivity contribution is 0.598. The number of sulfonamides is 1. The molecular weight excluding hydrogens is 267 g/mol. The van der Waals surface area contributed by atoms with Crippen molar-refractivity contribution in [2.24, 2.45) is 0 Å². The van der Waals surface area contributed by atoms with Gasteiger partial charge in [-0.2, -0.15) is 0 Å². The summed E-state index contributed by atoms with van der Waals surface area (Å²) in [4.78, 5) is 4.05. The molecule has 1 N–H and O–H groups in total. The van der Waals surface area contributed by atoms with E-state index < -0.39 is 15.8 Å². The lowest BCUT2D eigenvalue weighted by Crippen LogP contribution is -2.14. The lowest BCUT2D eigenvalue weighted by Gasteiger charge is -2.10. The first-order valence-electron chi connectivity index (χ1n) is 5.60. The van der Waals surface area contributed by atoms with Gasteiger partial charge >= 0.3 is 0 Å². The largest absolute Gasteiger partial charge is 0.280 e. The molecule has 0 atom stereocenters. The van der Waals surface area contributed by atoms with E-state index in [1.165, 1.54) is 18.3 Å². The fourth-order valence-electron chi connectivity index (χ4n) is 1.73. The van der Waals surface area contributed by atoms with E-state index in [1.807, 2.05) is 0 Å². The van der Waals surface area contributed by atoms with E-state index in [-0.39, 0.29) is 4.90 Å². The number of hydrogen-bond donors (Lipinski definition) is 1. The number of halogens is 1. The zero-order valence-electron chi connectivity index (χ0n) is 10.5. The zero-order valence-corrected chi connectivity index (χ0v) is 11.3. The summed E-state index contributed by atoms with van der Waals surface area (Å²) < 4.78 is 39.8. The van der Waals surface area contributed by atoms with E-state index >= 15 is 0 Å². The van der Waals surface area contributed by atoms with E-state index in [2.05, 4.69) is 9.71 Å². The van der Waals surface area contributed by atoms with Crippen LogP contribution in [0.25, 0.3) is 0 Å². The average molecular weight is 280 g/mol. The number of nitrogens with zero attached hydrogens (tertiary/aromatic N) is 1. The third kappa shape index (κ3) is 3.08. The van der Waals surface area contributed by atoms with E-state index in [4.69, 9.17) is 0 Å². The first-order valence-corrected chi connectivity index (χ1v) is 7.08. The van der Waals surface area contributed by atoms with Gasteiger partial charge in [-0.25, -0.2) is 12.8 Å². The quantitative estimate of drug-likeness (QED) is 0.940. The number of pyridine rings is 1. The van der Waals surface area contributed by atoms with Crippen LogP contribution in [-0.2, 0) is 10.0 Å². The molecule has 2 aromatic rings. The van der Waals surface area contributed by atoms with Crippen molar-refractivity contribution < 1.29 is 12.8 Å². The maximum atomic E-state index is 13.0. The summed E-state index contributed by atoms with van der Waals surface area (Å²) in [6.45, 7) is 3.32. The summed E-state index contributed by atoms with van der Waals surface area (Å²) in [6, 6.07) is 6.74. The standard InChI is InChI=1S/C13H13FN2O2S/c1-9-7-11(14)3-4-13(9)19(17,18)16-12-5-6-15-10(2)8-12/h3-8H,1-2H3,(H,15,16). The maximum Gasteiger partial charge on any atom is 0.262 e. The van der Waals surface area contributed by atoms with Crippen molar-refractivity contribution in [1.29, 1.82) is 0 Å². The van der Waals surface area contributed by atoms with Crippen LogP contribution in [0.1, 0.15) is 11.3 Å². The molecule has 0 spiro atoms. The van der Waals surface area contributed by atoms with Crippen molar-refractivity contribution in [2.75, 3.05) is 4.72 Å². The number of hydrogen-bond acceptors (Lipinski definition) is 3. The van der Waals surface area contributed by atoms with Crippen molar-refractivity contribution in [2.45, 2.75) is 18.7 Å². The molecule has 100 valence electrons. The van der Waals surface area contributed by atoms with Crippen molar-refractivity contribution in [1.82, 2.24) is 4.98 Å². The van der Waals surface area contributed by atoms with Crippen LogP contribution in [0.5, 0.6) is 0 Å². The summed E-state index contributed by atoms with van der Waals surface area (Å²) in [5.74, 6) is -0.462. The van der Waals surface area contributed by atoms with Crippen LogP contribution in [0.2, 0.25) is 0 Å². The Bertz CT molecular complexity index is 714. The Morgan fingerprint density at radius 3 is 2.53 bits per heavy atom. The fraction of sp³-hybridized carbons (Fsp3) is 0.154. The second-order valence-electron chi connectivity index (χ2n) is 4.20. The first kappa shape index (κ1) is 13.5. The predicted octanol–water partition coefficient (Wildman–Crippen LogP) is 2.64. The molecule has 0 radical (unpaired) electrons. The SMILES string of the molecule is Cc1cc(NS(=O)(=O)c2ccc(F)cc2C)ccn1. The van der Waals surface area contributed by atoms with Crippen molar-refractivity contribution in [3.63, 3.8) is 0 Å². The number of aryl methyl sites for hydroxylation is 2. The van der Waals surface area contributed by atoms with Crippen LogP contribution in [0.4, 0.5) is 10.1 Å². The van der Waals surface area contributed by atoms with Gasteiger partial charge in [-0.3, -0.25) is 9.71 Å². The molecule has 1 aromatic carbocycles. The summed E-state index contributed by atoms with van der Waals surface area (Å²) in [5, 5.41) is 0. The van der Waals surface area contributed by atoms with Crippen molar-refractivity contribution >= 4 is 15.7 Å². The molecule has 0 unspecified atom stereocenters. The van der Waals surface area contributed by atoms with Gasteiger partial charge in [-0.1, -0.05) is 0 Å². The molecule has 6 heteroatoms. The van der Waals surface area contributed by atoms with E-state index in [0.29, 0.717) is 16.9 Å². The van der Waals surface area contributed by atoms with Gasteiger partial charge in [0.1, 0.15) is 5.82 Å². The van der Waals surface area contributed by atoms with Crippen LogP contribution < -0.4 is 4.72 Å². The van der Waals surface area contributed by atoms with E-state index in [0.717, 1.165) is 6.07 Å². The number of rotatable bonds is 3. The normalized spacial score (nSPS) is 11.3. The van der Waals surface area contributed by atoms with Crippen molar-refractivity contribution in [3.05, 3.63) is 53.6 Å². The topological polar surface area (TPSA) is 59.1 Å². The third-order valence-electron chi connectivity index (χ3n) is 2.58. The predicted molar refractivity (Wildman–Crippen MR) is 70.9 cm³/mol. The molecule has 0 saturated heterocycles. The fourth-order valence-corrected chi connectivity index (χ4v) is 3.01. The van der Waals surface area contributed by atoms with Gasteiger partial charge in [0, 0.05) is 11.9 Å². The van der Waals surface area contributed by atoms with E-state index in [9.17, 15) is 12.8 Å². The van der Waals surface area contributed by atoms with Gasteiger partial charge in [-0.15, -0.1) is 0 Å². The average Bonchev–Trinajstić information content (AvgIpc) is 2.27. The molecule has 0 saturated carbocycles. The van der Waals surface area contributed by atoms with Crippen LogP contribution in [0.3, 0.4) is 0 Å². The van der Waals surface area contributed by atoms with Crippen LogP contribution in [-0.4, -0.2) is 13.4 Å². The molecule has 0 fully saturated rings. The highest BCUT2D eigenvalue weighted by atomic mass is 32.2. The molecule has 2 rings (SSSR count). The third-order valence-corrected chi connectivity index (χ3v) is 4.12. The number of anilines is 1. The van der Waals surface area contributed by atoms with Crippen molar-refractivity contribution in [3.8, 4) is 0 Å². The molecule has 0 bridgehead atoms. The van der Waals surface area contributed by atoms with Gasteiger partial charge in [-0.05, 0) is 49.7 Å².